The van der Waals surface area contributed by atoms with Gasteiger partial charge in [0.2, 0.25) is 0 Å². The quantitative estimate of drug-likeness (QED) is 0.567. The van der Waals surface area contributed by atoms with Gasteiger partial charge in [-0.15, -0.1) is 10.2 Å². The van der Waals surface area contributed by atoms with Crippen molar-refractivity contribution in [2.75, 3.05) is 0 Å². The summed E-state index contributed by atoms with van der Waals surface area (Å²) in [4.78, 5) is 4.49. The predicted molar refractivity (Wildman–Crippen MR) is 103 cm³/mol. The molecule has 0 amide bonds. The van der Waals surface area contributed by atoms with Crippen molar-refractivity contribution < 1.29 is 4.39 Å². The number of hydrogen-bond donors (Lipinski definition) is 0. The summed E-state index contributed by atoms with van der Waals surface area (Å²) in [5, 5.41) is 9.47. The summed E-state index contributed by atoms with van der Waals surface area (Å²) in [7, 11) is 0. The first-order valence-electron chi connectivity index (χ1n) is 9.27. The van der Waals surface area contributed by atoms with Gasteiger partial charge in [-0.25, -0.2) is 9.37 Å². The smallest absolute Gasteiger partial charge is 0.144 e. The van der Waals surface area contributed by atoms with Crippen LogP contribution in [0.1, 0.15) is 55.5 Å². The van der Waals surface area contributed by atoms with Crippen molar-refractivity contribution in [3.8, 4) is 0 Å². The van der Waals surface area contributed by atoms with E-state index in [-0.39, 0.29) is 5.82 Å². The van der Waals surface area contributed by atoms with Gasteiger partial charge in [-0.1, -0.05) is 35.9 Å². The topological polar surface area (TPSA) is 43.6 Å². The van der Waals surface area contributed by atoms with E-state index in [9.17, 15) is 4.39 Å². The molecule has 0 aliphatic heterocycles. The molecule has 6 heteroatoms. The van der Waals surface area contributed by atoms with Gasteiger partial charge in [-0.2, -0.15) is 0 Å². The molecule has 0 spiro atoms. The molecule has 1 aliphatic carbocycles. The maximum absolute atomic E-state index is 14.1. The Morgan fingerprint density at radius 2 is 1.89 bits per heavy atom. The van der Waals surface area contributed by atoms with Gasteiger partial charge in [0.05, 0.1) is 11.1 Å². The van der Waals surface area contributed by atoms with Gasteiger partial charge in [-0.05, 0) is 56.9 Å². The normalized spacial score (nSPS) is 14.5. The van der Waals surface area contributed by atoms with E-state index in [1.165, 1.54) is 6.07 Å². The summed E-state index contributed by atoms with van der Waals surface area (Å²) >= 11 is 6.11. The first kappa shape index (κ1) is 18.1. The van der Waals surface area contributed by atoms with Crippen LogP contribution in [0, 0.1) is 5.82 Å². The molecule has 140 valence electrons. The fourth-order valence-electron chi connectivity index (χ4n) is 3.45. The largest absolute Gasteiger partial charge is 0.314 e. The van der Waals surface area contributed by atoms with Crippen molar-refractivity contribution in [2.24, 2.45) is 0 Å². The molecule has 0 unspecified atom stereocenters. The zero-order valence-electron chi connectivity index (χ0n) is 15.5. The Morgan fingerprint density at radius 3 is 2.59 bits per heavy atom. The van der Waals surface area contributed by atoms with Gasteiger partial charge < -0.3 is 4.57 Å². The SMILES string of the molecule is CC(C)(c1cccc(Cl)n1)c1nnc(C2CC2)n1CCc1ccccc1F. The third-order valence-corrected chi connectivity index (χ3v) is 5.41. The molecular formula is C21H22ClFN4. The molecule has 0 saturated heterocycles. The molecule has 2 aromatic heterocycles. The lowest BCUT2D eigenvalue weighted by atomic mass is 9.87. The highest BCUT2D eigenvalue weighted by Gasteiger charge is 2.36. The molecule has 0 radical (unpaired) electrons. The maximum Gasteiger partial charge on any atom is 0.144 e. The van der Waals surface area contributed by atoms with E-state index in [1.54, 1.807) is 12.1 Å². The second kappa shape index (κ2) is 7.04. The van der Waals surface area contributed by atoms with Crippen LogP contribution in [0.2, 0.25) is 5.15 Å². The van der Waals surface area contributed by atoms with Gasteiger partial charge in [0, 0.05) is 12.5 Å². The van der Waals surface area contributed by atoms with Crippen LogP contribution in [0.4, 0.5) is 4.39 Å². The molecule has 0 bridgehead atoms. The second-order valence-corrected chi connectivity index (χ2v) is 8.01. The highest BCUT2D eigenvalue weighted by molar-refractivity contribution is 6.29. The lowest BCUT2D eigenvalue weighted by molar-refractivity contribution is 0.504. The summed E-state index contributed by atoms with van der Waals surface area (Å²) in [6.45, 7) is 4.79. The van der Waals surface area contributed by atoms with Gasteiger partial charge in [-0.3, -0.25) is 0 Å². The first-order chi connectivity index (χ1) is 13.0. The fourth-order valence-corrected chi connectivity index (χ4v) is 3.61. The van der Waals surface area contributed by atoms with Gasteiger partial charge in [0.25, 0.3) is 0 Å². The van der Waals surface area contributed by atoms with Crippen LogP contribution in [0.15, 0.2) is 42.5 Å². The van der Waals surface area contributed by atoms with Crippen LogP contribution in [0.5, 0.6) is 0 Å². The van der Waals surface area contributed by atoms with E-state index in [0.717, 1.165) is 30.2 Å². The number of rotatable bonds is 6. The molecule has 1 aliphatic rings. The zero-order valence-corrected chi connectivity index (χ0v) is 16.2. The van der Waals surface area contributed by atoms with Crippen LogP contribution in [0.3, 0.4) is 0 Å². The molecule has 4 rings (SSSR count). The Kier molecular flexibility index (Phi) is 4.72. The predicted octanol–water partition coefficient (Wildman–Crippen LogP) is 4.91. The zero-order chi connectivity index (χ0) is 19.0. The molecule has 2 heterocycles. The van der Waals surface area contributed by atoms with Gasteiger partial charge in [0.15, 0.2) is 0 Å². The van der Waals surface area contributed by atoms with Crippen molar-refractivity contribution in [1.29, 1.82) is 0 Å². The van der Waals surface area contributed by atoms with E-state index in [2.05, 4.69) is 33.6 Å². The van der Waals surface area contributed by atoms with E-state index < -0.39 is 5.41 Å². The van der Waals surface area contributed by atoms with Crippen LogP contribution in [0.25, 0.3) is 0 Å². The summed E-state index contributed by atoms with van der Waals surface area (Å²) in [5.74, 6) is 2.12. The highest BCUT2D eigenvalue weighted by atomic mass is 35.5. The average molecular weight is 385 g/mol. The molecule has 0 N–H and O–H groups in total. The average Bonchev–Trinajstić information content (AvgIpc) is 3.40. The number of aromatic nitrogens is 4. The minimum atomic E-state index is -0.458. The fraction of sp³-hybridized carbons (Fsp3) is 0.381. The Bertz CT molecular complexity index is 962. The third kappa shape index (κ3) is 3.61. The molecular weight excluding hydrogens is 363 g/mol. The summed E-state index contributed by atoms with van der Waals surface area (Å²) in [5.41, 5.74) is 1.09. The van der Waals surface area contributed by atoms with Crippen molar-refractivity contribution in [3.05, 3.63) is 76.3 Å². The van der Waals surface area contributed by atoms with Crippen molar-refractivity contribution in [1.82, 2.24) is 19.7 Å². The van der Waals surface area contributed by atoms with Crippen LogP contribution in [-0.2, 0) is 18.4 Å². The number of pyridine rings is 1. The lowest BCUT2D eigenvalue weighted by Crippen LogP contribution is -2.27. The second-order valence-electron chi connectivity index (χ2n) is 7.62. The molecule has 4 nitrogen and oxygen atoms in total. The number of nitrogens with zero attached hydrogens (tertiary/aromatic N) is 4. The number of hydrogen-bond acceptors (Lipinski definition) is 3. The first-order valence-corrected chi connectivity index (χ1v) is 9.64. The minimum Gasteiger partial charge on any atom is -0.314 e. The van der Waals surface area contributed by atoms with E-state index >= 15 is 0 Å². The van der Waals surface area contributed by atoms with Crippen molar-refractivity contribution in [3.63, 3.8) is 0 Å². The Labute approximate surface area is 163 Å². The summed E-state index contributed by atoms with van der Waals surface area (Å²) < 4.78 is 16.2. The molecule has 27 heavy (non-hydrogen) atoms. The minimum absolute atomic E-state index is 0.170. The van der Waals surface area contributed by atoms with Crippen LogP contribution < -0.4 is 0 Å². The maximum atomic E-state index is 14.1. The Hall–Kier alpha value is -2.27. The van der Waals surface area contributed by atoms with Gasteiger partial charge >= 0.3 is 0 Å². The van der Waals surface area contributed by atoms with Crippen molar-refractivity contribution >= 4 is 11.6 Å². The van der Waals surface area contributed by atoms with E-state index in [4.69, 9.17) is 11.6 Å². The summed E-state index contributed by atoms with van der Waals surface area (Å²) in [6.07, 6.45) is 2.86. The molecule has 0 atom stereocenters. The van der Waals surface area contributed by atoms with Crippen molar-refractivity contribution in [2.45, 2.75) is 51.0 Å². The number of halogens is 2. The Morgan fingerprint density at radius 1 is 1.11 bits per heavy atom. The molecule has 1 fully saturated rings. The Balaban J connectivity index is 1.70. The molecule has 1 aromatic carbocycles. The summed E-state index contributed by atoms with van der Waals surface area (Å²) in [6, 6.07) is 12.5. The number of aryl methyl sites for hydroxylation is 1. The number of benzene rings is 1. The van der Waals surface area contributed by atoms with E-state index in [0.29, 0.717) is 29.6 Å². The van der Waals surface area contributed by atoms with Crippen LogP contribution >= 0.6 is 11.6 Å². The van der Waals surface area contributed by atoms with E-state index in [1.807, 2.05) is 24.3 Å². The standard InChI is InChI=1S/C21H22ClFN4/c1-21(2,17-8-5-9-18(22)24-17)20-26-25-19(15-10-11-15)27(20)13-12-14-6-3-4-7-16(14)23/h3-9,15H,10-13H2,1-2H3. The highest BCUT2D eigenvalue weighted by Crippen LogP contribution is 2.41. The van der Waals surface area contributed by atoms with Gasteiger partial charge in [0.1, 0.15) is 22.6 Å². The van der Waals surface area contributed by atoms with Crippen LogP contribution in [-0.4, -0.2) is 19.7 Å². The third-order valence-electron chi connectivity index (χ3n) is 5.20. The molecule has 3 aromatic rings. The lowest BCUT2D eigenvalue weighted by Gasteiger charge is -2.25. The molecule has 1 saturated carbocycles. The monoisotopic (exact) mass is 384 g/mol.